The third kappa shape index (κ3) is 4.11. The van der Waals surface area contributed by atoms with E-state index in [0.717, 1.165) is 24.9 Å². The van der Waals surface area contributed by atoms with Crippen LogP contribution in [0.25, 0.3) is 0 Å². The molecule has 1 unspecified atom stereocenters. The number of carbonyl (C=O) groups is 1. The van der Waals surface area contributed by atoms with Crippen LogP contribution in [0.15, 0.2) is 0 Å². The number of halogens is 1. The molecule has 0 bridgehead atoms. The summed E-state index contributed by atoms with van der Waals surface area (Å²) in [6, 6.07) is 0. The highest BCUT2D eigenvalue weighted by molar-refractivity contribution is 5.85. The summed E-state index contributed by atoms with van der Waals surface area (Å²) >= 11 is 0. The molecule has 106 valence electrons. The molecule has 0 spiro atoms. The molecule has 5 heteroatoms. The molecule has 1 atom stereocenters. The SMILES string of the molecule is CCOCC(=O)N1CCC(C2CCNC2)CC1.Cl. The van der Waals surface area contributed by atoms with Crippen LogP contribution in [0.3, 0.4) is 0 Å². The average molecular weight is 277 g/mol. The Balaban J connectivity index is 0.00000162. The second-order valence-electron chi connectivity index (χ2n) is 5.11. The molecule has 0 aliphatic carbocycles. The standard InChI is InChI=1S/C13H24N2O2.ClH/c1-2-17-10-13(16)15-7-4-11(5-8-15)12-3-6-14-9-12;/h11-12,14H,2-10H2,1H3;1H. The van der Waals surface area contributed by atoms with E-state index < -0.39 is 0 Å². The normalized spacial score (nSPS) is 24.9. The quantitative estimate of drug-likeness (QED) is 0.841. The first-order valence-electron chi connectivity index (χ1n) is 6.87. The lowest BCUT2D eigenvalue weighted by Crippen LogP contribution is -2.42. The van der Waals surface area contributed by atoms with Crippen LogP contribution in [0.2, 0.25) is 0 Å². The fourth-order valence-electron chi connectivity index (χ4n) is 2.98. The van der Waals surface area contributed by atoms with Crippen molar-refractivity contribution < 1.29 is 9.53 Å². The largest absolute Gasteiger partial charge is 0.372 e. The summed E-state index contributed by atoms with van der Waals surface area (Å²) in [5.41, 5.74) is 0. The number of hydrogen-bond donors (Lipinski definition) is 1. The fraction of sp³-hybridized carbons (Fsp3) is 0.923. The van der Waals surface area contributed by atoms with Gasteiger partial charge >= 0.3 is 0 Å². The monoisotopic (exact) mass is 276 g/mol. The van der Waals surface area contributed by atoms with Gasteiger partial charge in [-0.3, -0.25) is 4.79 Å². The van der Waals surface area contributed by atoms with Gasteiger partial charge in [0.15, 0.2) is 0 Å². The third-order valence-electron chi connectivity index (χ3n) is 4.09. The van der Waals surface area contributed by atoms with E-state index in [1.807, 2.05) is 11.8 Å². The number of nitrogens with zero attached hydrogens (tertiary/aromatic N) is 1. The Bertz CT molecular complexity index is 249. The lowest BCUT2D eigenvalue weighted by atomic mass is 9.84. The van der Waals surface area contributed by atoms with E-state index in [2.05, 4.69) is 5.32 Å². The van der Waals surface area contributed by atoms with Gasteiger partial charge in [0.1, 0.15) is 6.61 Å². The van der Waals surface area contributed by atoms with Crippen LogP contribution in [0.4, 0.5) is 0 Å². The second kappa shape index (κ2) is 7.97. The molecular weight excluding hydrogens is 252 g/mol. The molecule has 0 aromatic carbocycles. The van der Waals surface area contributed by atoms with Gasteiger partial charge in [0.25, 0.3) is 0 Å². The minimum atomic E-state index is 0. The van der Waals surface area contributed by atoms with Gasteiger partial charge in [0, 0.05) is 19.7 Å². The summed E-state index contributed by atoms with van der Waals surface area (Å²) in [5.74, 6) is 1.83. The highest BCUT2D eigenvalue weighted by atomic mass is 35.5. The second-order valence-corrected chi connectivity index (χ2v) is 5.11. The van der Waals surface area contributed by atoms with E-state index in [1.165, 1.54) is 32.4 Å². The van der Waals surface area contributed by atoms with Gasteiger partial charge < -0.3 is 15.0 Å². The molecule has 4 nitrogen and oxygen atoms in total. The Morgan fingerprint density at radius 1 is 1.28 bits per heavy atom. The lowest BCUT2D eigenvalue weighted by molar-refractivity contribution is -0.137. The zero-order valence-corrected chi connectivity index (χ0v) is 12.0. The van der Waals surface area contributed by atoms with Crippen LogP contribution >= 0.6 is 12.4 Å². The van der Waals surface area contributed by atoms with Gasteiger partial charge in [0.05, 0.1) is 0 Å². The molecule has 2 fully saturated rings. The van der Waals surface area contributed by atoms with Crippen molar-refractivity contribution in [1.82, 2.24) is 10.2 Å². The van der Waals surface area contributed by atoms with E-state index in [0.29, 0.717) is 6.61 Å². The van der Waals surface area contributed by atoms with Crippen molar-refractivity contribution in [2.75, 3.05) is 39.4 Å². The predicted molar refractivity (Wildman–Crippen MR) is 74.0 cm³/mol. The maximum absolute atomic E-state index is 11.8. The number of amides is 1. The number of carbonyl (C=O) groups excluding carboxylic acids is 1. The maximum Gasteiger partial charge on any atom is 0.248 e. The summed E-state index contributed by atoms with van der Waals surface area (Å²) < 4.78 is 5.17. The first-order valence-corrected chi connectivity index (χ1v) is 6.87. The summed E-state index contributed by atoms with van der Waals surface area (Å²) in [5, 5.41) is 3.43. The zero-order valence-electron chi connectivity index (χ0n) is 11.2. The molecule has 2 heterocycles. The van der Waals surface area contributed by atoms with Gasteiger partial charge in [-0.2, -0.15) is 0 Å². The van der Waals surface area contributed by atoms with E-state index in [9.17, 15) is 4.79 Å². The van der Waals surface area contributed by atoms with Crippen molar-refractivity contribution in [1.29, 1.82) is 0 Å². The average Bonchev–Trinajstić information content (AvgIpc) is 2.90. The van der Waals surface area contributed by atoms with E-state index in [1.54, 1.807) is 0 Å². The van der Waals surface area contributed by atoms with Crippen molar-refractivity contribution in [2.45, 2.75) is 26.2 Å². The highest BCUT2D eigenvalue weighted by Gasteiger charge is 2.29. The molecular formula is C13H25ClN2O2. The van der Waals surface area contributed by atoms with Gasteiger partial charge in [-0.15, -0.1) is 12.4 Å². The van der Waals surface area contributed by atoms with Crippen molar-refractivity contribution in [3.05, 3.63) is 0 Å². The molecule has 2 saturated heterocycles. The zero-order chi connectivity index (χ0) is 12.1. The topological polar surface area (TPSA) is 41.6 Å². The summed E-state index contributed by atoms with van der Waals surface area (Å²) in [4.78, 5) is 13.7. The Morgan fingerprint density at radius 2 is 2.00 bits per heavy atom. The highest BCUT2D eigenvalue weighted by Crippen LogP contribution is 2.28. The van der Waals surface area contributed by atoms with Crippen LogP contribution in [0.5, 0.6) is 0 Å². The van der Waals surface area contributed by atoms with Crippen LogP contribution in [0, 0.1) is 11.8 Å². The molecule has 18 heavy (non-hydrogen) atoms. The molecule has 2 aliphatic rings. The fourth-order valence-corrected chi connectivity index (χ4v) is 2.98. The smallest absolute Gasteiger partial charge is 0.248 e. The molecule has 1 N–H and O–H groups in total. The van der Waals surface area contributed by atoms with Crippen molar-refractivity contribution >= 4 is 18.3 Å². The Kier molecular flexibility index (Phi) is 6.97. The summed E-state index contributed by atoms with van der Waals surface area (Å²) in [7, 11) is 0. The van der Waals surface area contributed by atoms with E-state index in [-0.39, 0.29) is 24.9 Å². The van der Waals surface area contributed by atoms with Gasteiger partial charge in [-0.25, -0.2) is 0 Å². The predicted octanol–water partition coefficient (Wildman–Crippen LogP) is 1.29. The van der Waals surface area contributed by atoms with E-state index in [4.69, 9.17) is 4.74 Å². The van der Waals surface area contributed by atoms with Crippen molar-refractivity contribution in [3.63, 3.8) is 0 Å². The van der Waals surface area contributed by atoms with Gasteiger partial charge in [0.2, 0.25) is 5.91 Å². The molecule has 0 aromatic heterocycles. The number of ether oxygens (including phenoxy) is 1. The van der Waals surface area contributed by atoms with Gasteiger partial charge in [-0.05, 0) is 51.1 Å². The number of rotatable bonds is 4. The van der Waals surface area contributed by atoms with Crippen molar-refractivity contribution in [2.24, 2.45) is 11.8 Å². The molecule has 0 radical (unpaired) electrons. The third-order valence-corrected chi connectivity index (χ3v) is 4.09. The molecule has 0 saturated carbocycles. The van der Waals surface area contributed by atoms with Crippen LogP contribution in [0.1, 0.15) is 26.2 Å². The Morgan fingerprint density at radius 3 is 2.56 bits per heavy atom. The van der Waals surface area contributed by atoms with Gasteiger partial charge in [-0.1, -0.05) is 0 Å². The molecule has 1 amide bonds. The van der Waals surface area contributed by atoms with Crippen molar-refractivity contribution in [3.8, 4) is 0 Å². The molecule has 2 aliphatic heterocycles. The maximum atomic E-state index is 11.8. The Hall–Kier alpha value is -0.320. The summed E-state index contributed by atoms with van der Waals surface area (Å²) in [6.45, 7) is 7.00. The van der Waals surface area contributed by atoms with Crippen LogP contribution < -0.4 is 5.32 Å². The van der Waals surface area contributed by atoms with E-state index >= 15 is 0 Å². The molecule has 0 aromatic rings. The number of hydrogen-bond acceptors (Lipinski definition) is 3. The minimum Gasteiger partial charge on any atom is -0.372 e. The molecule has 2 rings (SSSR count). The minimum absolute atomic E-state index is 0. The number of piperidine rings is 1. The van der Waals surface area contributed by atoms with Crippen LogP contribution in [-0.4, -0.2) is 50.2 Å². The number of nitrogens with one attached hydrogen (secondary N) is 1. The lowest BCUT2D eigenvalue weighted by Gasteiger charge is -2.34. The first-order chi connectivity index (χ1) is 8.31. The summed E-state index contributed by atoms with van der Waals surface area (Å²) in [6.07, 6.45) is 3.66. The Labute approximate surface area is 116 Å². The first kappa shape index (κ1) is 15.7. The van der Waals surface area contributed by atoms with Crippen LogP contribution in [-0.2, 0) is 9.53 Å². The number of likely N-dealkylation sites (tertiary alicyclic amines) is 1.